The average molecular weight is 224 g/mol. The van der Waals surface area contributed by atoms with Crippen LogP contribution >= 0.6 is 11.3 Å². The van der Waals surface area contributed by atoms with E-state index in [9.17, 15) is 9.90 Å². The Balaban J connectivity index is 2.48. The molecule has 0 aliphatic carbocycles. The van der Waals surface area contributed by atoms with Crippen molar-refractivity contribution in [3.63, 3.8) is 0 Å². The van der Waals surface area contributed by atoms with Crippen molar-refractivity contribution in [2.75, 3.05) is 7.11 Å². The third kappa shape index (κ3) is 1.68. The van der Waals surface area contributed by atoms with E-state index >= 15 is 0 Å². The molecule has 0 aromatic carbocycles. The number of nitrogens with zero attached hydrogens (tertiary/aromatic N) is 3. The van der Waals surface area contributed by atoms with E-state index < -0.39 is 5.97 Å². The Morgan fingerprint density at radius 2 is 2.53 bits per heavy atom. The molecule has 2 aromatic heterocycles. The van der Waals surface area contributed by atoms with E-state index in [1.165, 1.54) is 18.4 Å². The Bertz CT molecular complexity index is 499. The summed E-state index contributed by atoms with van der Waals surface area (Å²) in [4.78, 5) is 19.9. The van der Waals surface area contributed by atoms with Crippen molar-refractivity contribution in [1.29, 1.82) is 0 Å². The number of carboxylic acid groups (broad SMARTS) is 1. The number of hydrogen-bond acceptors (Lipinski definition) is 6. The quantitative estimate of drug-likeness (QED) is 0.520. The highest BCUT2D eigenvalue weighted by molar-refractivity contribution is 7.15. The summed E-state index contributed by atoms with van der Waals surface area (Å²) in [5.41, 5.74) is -0.0860. The standard InChI is InChI=1S/C8H7N3O3S/c1-14-10-6(7(12)13)5-4-11-2-3-15-8(11)9-5/h2-4H,1H3,(H,12,13)/p-1/b10-6+. The summed E-state index contributed by atoms with van der Waals surface area (Å²) in [5, 5.41) is 15.9. The molecular formula is C8H6N3O3S-. The molecule has 0 radical (unpaired) electrons. The van der Waals surface area contributed by atoms with Gasteiger partial charge in [-0.2, -0.15) is 0 Å². The number of fused-ring (bicyclic) bond motifs is 1. The van der Waals surface area contributed by atoms with Gasteiger partial charge < -0.3 is 14.7 Å². The fraction of sp³-hybridized carbons (Fsp3) is 0.125. The van der Waals surface area contributed by atoms with Crippen molar-refractivity contribution in [3.05, 3.63) is 23.5 Å². The smallest absolute Gasteiger partial charge is 0.194 e. The topological polar surface area (TPSA) is 79.0 Å². The predicted molar refractivity (Wildman–Crippen MR) is 51.6 cm³/mol. The number of aliphatic carboxylic acids is 1. The lowest BCUT2D eigenvalue weighted by Crippen LogP contribution is -2.32. The molecule has 2 heterocycles. The zero-order valence-corrected chi connectivity index (χ0v) is 8.52. The Morgan fingerprint density at radius 3 is 3.13 bits per heavy atom. The van der Waals surface area contributed by atoms with Crippen molar-refractivity contribution < 1.29 is 14.7 Å². The molecule has 6 nitrogen and oxygen atoms in total. The van der Waals surface area contributed by atoms with Gasteiger partial charge in [-0.05, 0) is 0 Å². The van der Waals surface area contributed by atoms with Crippen LogP contribution in [0.4, 0.5) is 0 Å². The van der Waals surface area contributed by atoms with Gasteiger partial charge in [-0.15, -0.1) is 11.3 Å². The van der Waals surface area contributed by atoms with Crippen LogP contribution in [0.15, 0.2) is 22.9 Å². The number of carbonyl (C=O) groups is 1. The molecule has 0 fully saturated rings. The molecule has 0 spiro atoms. The summed E-state index contributed by atoms with van der Waals surface area (Å²) >= 11 is 1.40. The first kappa shape index (κ1) is 9.66. The van der Waals surface area contributed by atoms with E-state index in [0.717, 1.165) is 0 Å². The SMILES string of the molecule is CO/N=C(/C(=O)[O-])c1cn2ccsc2n1. The second-order valence-electron chi connectivity index (χ2n) is 2.63. The predicted octanol–water partition coefficient (Wildman–Crippen LogP) is -0.504. The normalized spacial score (nSPS) is 11.9. The molecule has 0 saturated heterocycles. The maximum Gasteiger partial charge on any atom is 0.194 e. The Hall–Kier alpha value is -1.89. The van der Waals surface area contributed by atoms with Crippen LogP contribution in [0.25, 0.3) is 4.96 Å². The Labute approximate surface area is 88.4 Å². The second-order valence-corrected chi connectivity index (χ2v) is 3.50. The van der Waals surface area contributed by atoms with Crippen molar-refractivity contribution in [2.24, 2.45) is 5.16 Å². The number of hydrogen-bond donors (Lipinski definition) is 0. The van der Waals surface area contributed by atoms with E-state index in [1.807, 2.05) is 5.38 Å². The van der Waals surface area contributed by atoms with Gasteiger partial charge >= 0.3 is 0 Å². The van der Waals surface area contributed by atoms with Gasteiger partial charge in [0, 0.05) is 17.8 Å². The molecular weight excluding hydrogens is 218 g/mol. The van der Waals surface area contributed by atoms with Gasteiger partial charge in [0.2, 0.25) is 0 Å². The van der Waals surface area contributed by atoms with Crippen LogP contribution in [-0.2, 0) is 9.63 Å². The van der Waals surface area contributed by atoms with Gasteiger partial charge in [0.1, 0.15) is 12.8 Å². The number of thiazole rings is 1. The third-order valence-electron chi connectivity index (χ3n) is 1.71. The largest absolute Gasteiger partial charge is 0.543 e. The zero-order chi connectivity index (χ0) is 10.8. The van der Waals surface area contributed by atoms with E-state index in [0.29, 0.717) is 4.96 Å². The fourth-order valence-corrected chi connectivity index (χ4v) is 1.82. The molecule has 7 heteroatoms. The highest BCUT2D eigenvalue weighted by Crippen LogP contribution is 2.11. The first-order chi connectivity index (χ1) is 7.22. The molecule has 78 valence electrons. The molecule has 2 aromatic rings. The van der Waals surface area contributed by atoms with Gasteiger partial charge in [-0.3, -0.25) is 4.40 Å². The maximum atomic E-state index is 10.7. The lowest BCUT2D eigenvalue weighted by Gasteiger charge is -2.01. The fourth-order valence-electron chi connectivity index (χ4n) is 1.12. The molecule has 0 N–H and O–H groups in total. The lowest BCUT2D eigenvalue weighted by atomic mass is 10.3. The minimum absolute atomic E-state index is 0.226. The molecule has 15 heavy (non-hydrogen) atoms. The summed E-state index contributed by atoms with van der Waals surface area (Å²) in [6.45, 7) is 0. The monoisotopic (exact) mass is 224 g/mol. The van der Waals surface area contributed by atoms with E-state index in [-0.39, 0.29) is 11.4 Å². The number of oxime groups is 1. The van der Waals surface area contributed by atoms with Crippen LogP contribution in [-0.4, -0.2) is 28.2 Å². The van der Waals surface area contributed by atoms with Crippen LogP contribution in [0.5, 0.6) is 0 Å². The number of carbonyl (C=O) groups excluding carboxylic acids is 1. The molecule has 0 unspecified atom stereocenters. The van der Waals surface area contributed by atoms with Gasteiger partial charge in [0.15, 0.2) is 10.7 Å². The Kier molecular flexibility index (Phi) is 2.38. The first-order valence-corrected chi connectivity index (χ1v) is 4.85. The van der Waals surface area contributed by atoms with E-state index in [4.69, 9.17) is 0 Å². The van der Waals surface area contributed by atoms with Crippen LogP contribution in [0.2, 0.25) is 0 Å². The summed E-state index contributed by atoms with van der Waals surface area (Å²) < 4.78 is 1.70. The summed E-state index contributed by atoms with van der Waals surface area (Å²) in [6.07, 6.45) is 3.33. The van der Waals surface area contributed by atoms with Crippen LogP contribution < -0.4 is 5.11 Å². The molecule has 0 atom stereocenters. The van der Waals surface area contributed by atoms with Crippen LogP contribution in [0.1, 0.15) is 5.69 Å². The van der Waals surface area contributed by atoms with E-state index in [1.54, 1.807) is 16.8 Å². The van der Waals surface area contributed by atoms with Crippen molar-refractivity contribution in [1.82, 2.24) is 9.38 Å². The molecule has 0 aliphatic heterocycles. The van der Waals surface area contributed by atoms with Crippen molar-refractivity contribution in [3.8, 4) is 0 Å². The van der Waals surface area contributed by atoms with Gasteiger partial charge in [-0.1, -0.05) is 5.16 Å². The number of imidazole rings is 1. The van der Waals surface area contributed by atoms with Gasteiger partial charge in [0.25, 0.3) is 0 Å². The second kappa shape index (κ2) is 3.70. The van der Waals surface area contributed by atoms with Gasteiger partial charge in [0.05, 0.1) is 5.97 Å². The third-order valence-corrected chi connectivity index (χ3v) is 2.48. The summed E-state index contributed by atoms with van der Waals surface area (Å²) in [5.74, 6) is -1.41. The summed E-state index contributed by atoms with van der Waals surface area (Å²) in [7, 11) is 1.27. The van der Waals surface area contributed by atoms with Crippen LogP contribution in [0, 0.1) is 0 Å². The lowest BCUT2D eigenvalue weighted by molar-refractivity contribution is -0.294. The highest BCUT2D eigenvalue weighted by atomic mass is 32.1. The number of rotatable bonds is 3. The average Bonchev–Trinajstić information content (AvgIpc) is 2.72. The highest BCUT2D eigenvalue weighted by Gasteiger charge is 2.11. The van der Waals surface area contributed by atoms with Crippen molar-refractivity contribution >= 4 is 28.0 Å². The first-order valence-electron chi connectivity index (χ1n) is 3.97. The van der Waals surface area contributed by atoms with Crippen molar-refractivity contribution in [2.45, 2.75) is 0 Å². The molecule has 0 aliphatic rings. The minimum atomic E-state index is -1.41. The number of carboxylic acids is 1. The van der Waals surface area contributed by atoms with Crippen LogP contribution in [0.3, 0.4) is 0 Å². The molecule has 2 rings (SSSR count). The molecule has 0 saturated carbocycles. The minimum Gasteiger partial charge on any atom is -0.543 e. The van der Waals surface area contributed by atoms with E-state index in [2.05, 4.69) is 15.0 Å². The van der Waals surface area contributed by atoms with Gasteiger partial charge in [-0.25, -0.2) is 4.98 Å². The summed E-state index contributed by atoms with van der Waals surface area (Å²) in [6, 6.07) is 0. The molecule has 0 bridgehead atoms. The molecule has 0 amide bonds. The zero-order valence-electron chi connectivity index (χ0n) is 7.71. The number of aromatic nitrogens is 2. The Morgan fingerprint density at radius 1 is 1.73 bits per heavy atom. The maximum absolute atomic E-state index is 10.7.